The predicted octanol–water partition coefficient (Wildman–Crippen LogP) is 0.420. The van der Waals surface area contributed by atoms with Crippen LogP contribution in [0.3, 0.4) is 0 Å². The third-order valence-electron chi connectivity index (χ3n) is 1.67. The average molecular weight is 155 g/mol. The van der Waals surface area contributed by atoms with Gasteiger partial charge in [0, 0.05) is 13.7 Å². The number of hydrogen-bond acceptors (Lipinski definition) is 3. The topological polar surface area (TPSA) is 53.1 Å². The standard InChI is InChI=1S/C7H13N3O/c1-6-7(8)9-5-10(6)3-4-11-2/h5H,3-4,8H2,1-2H3. The zero-order valence-corrected chi connectivity index (χ0v) is 6.87. The molecule has 0 aromatic carbocycles. The van der Waals surface area contributed by atoms with Gasteiger partial charge in [0.25, 0.3) is 0 Å². The van der Waals surface area contributed by atoms with E-state index in [9.17, 15) is 0 Å². The summed E-state index contributed by atoms with van der Waals surface area (Å²) in [4.78, 5) is 3.95. The molecule has 11 heavy (non-hydrogen) atoms. The summed E-state index contributed by atoms with van der Waals surface area (Å²) < 4.78 is 6.89. The number of aromatic nitrogens is 2. The van der Waals surface area contributed by atoms with Crippen LogP contribution < -0.4 is 5.73 Å². The van der Waals surface area contributed by atoms with Gasteiger partial charge in [-0.2, -0.15) is 0 Å². The smallest absolute Gasteiger partial charge is 0.144 e. The molecule has 0 unspecified atom stereocenters. The summed E-state index contributed by atoms with van der Waals surface area (Å²) in [6.45, 7) is 3.45. The van der Waals surface area contributed by atoms with Gasteiger partial charge in [-0.3, -0.25) is 0 Å². The molecule has 0 aliphatic heterocycles. The summed E-state index contributed by atoms with van der Waals surface area (Å²) in [6, 6.07) is 0. The summed E-state index contributed by atoms with van der Waals surface area (Å²) in [5, 5.41) is 0. The van der Waals surface area contributed by atoms with Crippen molar-refractivity contribution in [2.45, 2.75) is 13.5 Å². The van der Waals surface area contributed by atoms with Crippen LogP contribution in [-0.4, -0.2) is 23.3 Å². The molecule has 0 spiro atoms. The molecule has 2 N–H and O–H groups in total. The maximum Gasteiger partial charge on any atom is 0.144 e. The second kappa shape index (κ2) is 3.39. The van der Waals surface area contributed by atoms with Crippen LogP contribution in [0.2, 0.25) is 0 Å². The van der Waals surface area contributed by atoms with Gasteiger partial charge < -0.3 is 15.0 Å². The number of methoxy groups -OCH3 is 1. The molecular weight excluding hydrogens is 142 g/mol. The van der Waals surface area contributed by atoms with E-state index >= 15 is 0 Å². The number of rotatable bonds is 3. The lowest BCUT2D eigenvalue weighted by molar-refractivity contribution is 0.186. The lowest BCUT2D eigenvalue weighted by Gasteiger charge is -2.02. The highest BCUT2D eigenvalue weighted by Crippen LogP contribution is 2.06. The Bertz CT molecular complexity index is 232. The number of nitrogen functional groups attached to an aromatic ring is 1. The van der Waals surface area contributed by atoms with E-state index in [1.54, 1.807) is 13.4 Å². The van der Waals surface area contributed by atoms with Gasteiger partial charge in [0.15, 0.2) is 0 Å². The van der Waals surface area contributed by atoms with Crippen molar-refractivity contribution < 1.29 is 4.74 Å². The van der Waals surface area contributed by atoms with Crippen LogP contribution in [0.25, 0.3) is 0 Å². The molecule has 0 saturated carbocycles. The van der Waals surface area contributed by atoms with Crippen LogP contribution in [0.15, 0.2) is 6.33 Å². The van der Waals surface area contributed by atoms with Crippen molar-refractivity contribution in [2.75, 3.05) is 19.5 Å². The van der Waals surface area contributed by atoms with Gasteiger partial charge in [-0.1, -0.05) is 0 Å². The Morgan fingerprint density at radius 3 is 2.91 bits per heavy atom. The molecule has 1 rings (SSSR count). The van der Waals surface area contributed by atoms with Gasteiger partial charge in [-0.05, 0) is 6.92 Å². The third kappa shape index (κ3) is 1.71. The molecule has 0 radical (unpaired) electrons. The van der Waals surface area contributed by atoms with E-state index in [0.29, 0.717) is 12.4 Å². The molecule has 1 aromatic rings. The van der Waals surface area contributed by atoms with E-state index in [1.165, 1.54) is 0 Å². The van der Waals surface area contributed by atoms with E-state index in [4.69, 9.17) is 10.5 Å². The van der Waals surface area contributed by atoms with Crippen molar-refractivity contribution in [3.63, 3.8) is 0 Å². The molecule has 4 nitrogen and oxygen atoms in total. The van der Waals surface area contributed by atoms with E-state index in [0.717, 1.165) is 12.2 Å². The lowest BCUT2D eigenvalue weighted by Crippen LogP contribution is -2.04. The van der Waals surface area contributed by atoms with Crippen LogP contribution in [0.1, 0.15) is 5.69 Å². The van der Waals surface area contributed by atoms with Crippen molar-refractivity contribution in [1.29, 1.82) is 0 Å². The van der Waals surface area contributed by atoms with Gasteiger partial charge in [0.05, 0.1) is 18.6 Å². The normalized spacial score (nSPS) is 10.4. The first-order chi connectivity index (χ1) is 5.25. The number of hydrogen-bond donors (Lipinski definition) is 1. The van der Waals surface area contributed by atoms with Gasteiger partial charge >= 0.3 is 0 Å². The summed E-state index contributed by atoms with van der Waals surface area (Å²) in [7, 11) is 1.68. The Kier molecular flexibility index (Phi) is 2.48. The number of nitrogens with two attached hydrogens (primary N) is 1. The Morgan fingerprint density at radius 2 is 2.45 bits per heavy atom. The minimum Gasteiger partial charge on any atom is -0.383 e. The SMILES string of the molecule is COCCn1cnc(N)c1C. The van der Waals surface area contributed by atoms with Gasteiger partial charge in [0.1, 0.15) is 5.82 Å². The minimum absolute atomic E-state index is 0.598. The highest BCUT2D eigenvalue weighted by atomic mass is 16.5. The van der Waals surface area contributed by atoms with E-state index in [2.05, 4.69) is 4.98 Å². The average Bonchev–Trinajstić information content (AvgIpc) is 2.31. The Hall–Kier alpha value is -1.03. The van der Waals surface area contributed by atoms with Crippen molar-refractivity contribution in [2.24, 2.45) is 0 Å². The molecule has 1 heterocycles. The van der Waals surface area contributed by atoms with Gasteiger partial charge in [-0.25, -0.2) is 4.98 Å². The quantitative estimate of drug-likeness (QED) is 0.688. The molecule has 1 aromatic heterocycles. The van der Waals surface area contributed by atoms with Crippen molar-refractivity contribution in [3.05, 3.63) is 12.0 Å². The van der Waals surface area contributed by atoms with E-state index in [-0.39, 0.29) is 0 Å². The fourth-order valence-electron chi connectivity index (χ4n) is 0.874. The van der Waals surface area contributed by atoms with Gasteiger partial charge in [-0.15, -0.1) is 0 Å². The molecule has 62 valence electrons. The second-order valence-electron chi connectivity index (χ2n) is 2.40. The Morgan fingerprint density at radius 1 is 1.73 bits per heavy atom. The summed E-state index contributed by atoms with van der Waals surface area (Å²) >= 11 is 0. The maximum absolute atomic E-state index is 5.54. The molecular formula is C7H13N3O. The van der Waals surface area contributed by atoms with Crippen molar-refractivity contribution in [1.82, 2.24) is 9.55 Å². The summed E-state index contributed by atoms with van der Waals surface area (Å²) in [6.07, 6.45) is 1.73. The first-order valence-corrected chi connectivity index (χ1v) is 3.52. The highest BCUT2D eigenvalue weighted by molar-refractivity contribution is 5.33. The van der Waals surface area contributed by atoms with Gasteiger partial charge in [0.2, 0.25) is 0 Å². The van der Waals surface area contributed by atoms with Crippen LogP contribution in [0.4, 0.5) is 5.82 Å². The Balaban J connectivity index is 2.63. The number of anilines is 1. The number of ether oxygens (including phenoxy) is 1. The first-order valence-electron chi connectivity index (χ1n) is 3.52. The first kappa shape index (κ1) is 8.07. The second-order valence-corrected chi connectivity index (χ2v) is 2.40. The van der Waals surface area contributed by atoms with Crippen LogP contribution in [0.5, 0.6) is 0 Å². The summed E-state index contributed by atoms with van der Waals surface area (Å²) in [5.74, 6) is 0.598. The van der Waals surface area contributed by atoms with Crippen LogP contribution in [0, 0.1) is 6.92 Å². The zero-order chi connectivity index (χ0) is 8.27. The van der Waals surface area contributed by atoms with E-state index < -0.39 is 0 Å². The molecule has 0 atom stereocenters. The largest absolute Gasteiger partial charge is 0.383 e. The number of imidazole rings is 1. The third-order valence-corrected chi connectivity index (χ3v) is 1.67. The molecule has 0 amide bonds. The van der Waals surface area contributed by atoms with Crippen molar-refractivity contribution >= 4 is 5.82 Å². The predicted molar refractivity (Wildman–Crippen MR) is 43.3 cm³/mol. The maximum atomic E-state index is 5.54. The molecule has 0 aliphatic carbocycles. The Labute approximate surface area is 66.0 Å². The van der Waals surface area contributed by atoms with Crippen LogP contribution in [-0.2, 0) is 11.3 Å². The molecule has 0 aliphatic rings. The lowest BCUT2D eigenvalue weighted by atomic mass is 10.5. The fourth-order valence-corrected chi connectivity index (χ4v) is 0.874. The summed E-state index contributed by atoms with van der Waals surface area (Å²) in [5.41, 5.74) is 6.54. The van der Waals surface area contributed by atoms with Crippen molar-refractivity contribution in [3.8, 4) is 0 Å². The molecule has 0 fully saturated rings. The molecule has 0 bridgehead atoms. The zero-order valence-electron chi connectivity index (χ0n) is 6.87. The molecule has 0 saturated heterocycles. The molecule has 4 heteroatoms. The minimum atomic E-state index is 0.598. The monoisotopic (exact) mass is 155 g/mol. The van der Waals surface area contributed by atoms with Crippen LogP contribution >= 0.6 is 0 Å². The van der Waals surface area contributed by atoms with E-state index in [1.807, 2.05) is 11.5 Å². The highest BCUT2D eigenvalue weighted by Gasteiger charge is 2.00. The number of nitrogens with zero attached hydrogens (tertiary/aromatic N) is 2. The fraction of sp³-hybridized carbons (Fsp3) is 0.571.